The van der Waals surface area contributed by atoms with Crippen LogP contribution in [0.4, 0.5) is 5.69 Å². The molecule has 0 aliphatic rings. The van der Waals surface area contributed by atoms with E-state index >= 15 is 0 Å². The van der Waals surface area contributed by atoms with Crippen molar-refractivity contribution in [2.75, 3.05) is 52.2 Å². The van der Waals surface area contributed by atoms with Crippen LogP contribution in [-0.4, -0.2) is 74.8 Å². The Morgan fingerprint density at radius 3 is 1.68 bits per heavy atom. The fourth-order valence-electron chi connectivity index (χ4n) is 6.52. The molecule has 0 bridgehead atoms. The number of benzene rings is 6. The Labute approximate surface area is 353 Å². The van der Waals surface area contributed by atoms with E-state index in [2.05, 4.69) is 41.7 Å². The maximum atomic E-state index is 14.6. The number of rotatable bonds is 17. The number of nitrogens with zero attached hydrogens (tertiary/aromatic N) is 3. The van der Waals surface area contributed by atoms with Crippen LogP contribution in [0.15, 0.2) is 158 Å². The Kier molecular flexibility index (Phi) is 16.0. The number of carbonyl (C=O) groups is 3. The highest BCUT2D eigenvalue weighted by Crippen LogP contribution is 2.26. The van der Waals surface area contributed by atoms with E-state index in [1.165, 1.54) is 0 Å². The number of nitrogens with one attached hydrogen (secondary N) is 1. The summed E-state index contributed by atoms with van der Waals surface area (Å²) < 4.78 is 6.14. The molecule has 0 aliphatic heterocycles. The zero-order valence-corrected chi connectivity index (χ0v) is 34.6. The molecule has 0 saturated heterocycles. The first-order chi connectivity index (χ1) is 28.2. The topological polar surface area (TPSA) is 108 Å². The lowest BCUT2D eigenvalue weighted by molar-refractivity contribution is -0.129. The van der Waals surface area contributed by atoms with Gasteiger partial charge in [0.25, 0.3) is 11.8 Å². The van der Waals surface area contributed by atoms with Crippen molar-refractivity contribution in [3.8, 4) is 28.0 Å². The van der Waals surface area contributed by atoms with E-state index < -0.39 is 11.9 Å². The highest BCUT2D eigenvalue weighted by Gasteiger charge is 2.29. The van der Waals surface area contributed by atoms with Crippen LogP contribution in [-0.2, 0) is 22.6 Å². The van der Waals surface area contributed by atoms with Gasteiger partial charge in [-0.25, -0.2) is 0 Å². The molecule has 0 heterocycles. The van der Waals surface area contributed by atoms with E-state index in [0.29, 0.717) is 35.7 Å². The third-order valence-corrected chi connectivity index (χ3v) is 9.99. The van der Waals surface area contributed by atoms with E-state index in [0.717, 1.165) is 39.9 Å². The van der Waals surface area contributed by atoms with E-state index in [9.17, 15) is 14.4 Å². The SMILES string of the molecule is CN(C)CCN(C)C(=O)Cc1ccc(N(CCN)C(=O)C(NC(=O)c2ccc(-c3ccccc3)cc2)c2ccc(OCc3ccc(-c4ccccc4)cc3)cc2)cc1.Cl. The summed E-state index contributed by atoms with van der Waals surface area (Å²) in [6, 6.07) is 49.3. The molecule has 0 fully saturated rings. The molecular formula is C49H52ClN5O4. The van der Waals surface area contributed by atoms with Crippen LogP contribution in [0.25, 0.3) is 22.3 Å². The van der Waals surface area contributed by atoms with Gasteiger partial charge in [0.05, 0.1) is 6.42 Å². The van der Waals surface area contributed by atoms with Gasteiger partial charge in [0, 0.05) is 44.5 Å². The normalized spacial score (nSPS) is 11.3. The molecule has 9 nitrogen and oxygen atoms in total. The Morgan fingerprint density at radius 2 is 1.14 bits per heavy atom. The molecule has 6 aromatic carbocycles. The van der Waals surface area contributed by atoms with Gasteiger partial charge in [0.2, 0.25) is 5.91 Å². The number of nitrogens with two attached hydrogens (primary N) is 1. The number of halogens is 1. The summed E-state index contributed by atoms with van der Waals surface area (Å²) in [6.45, 7) is 2.18. The summed E-state index contributed by atoms with van der Waals surface area (Å²) >= 11 is 0. The van der Waals surface area contributed by atoms with Gasteiger partial charge in [-0.05, 0) is 89.4 Å². The number of likely N-dealkylation sites (N-methyl/N-ethyl adjacent to an activating group) is 2. The molecule has 0 aliphatic carbocycles. The molecule has 304 valence electrons. The van der Waals surface area contributed by atoms with Gasteiger partial charge in [0.1, 0.15) is 18.4 Å². The van der Waals surface area contributed by atoms with Crippen molar-refractivity contribution in [1.29, 1.82) is 0 Å². The molecule has 3 amide bonds. The second-order valence-corrected chi connectivity index (χ2v) is 14.5. The van der Waals surface area contributed by atoms with Gasteiger partial charge in [-0.3, -0.25) is 14.4 Å². The molecule has 0 saturated carbocycles. The number of anilines is 1. The number of amides is 3. The second-order valence-electron chi connectivity index (χ2n) is 14.5. The van der Waals surface area contributed by atoms with E-state index in [1.807, 2.05) is 116 Å². The molecule has 1 atom stereocenters. The van der Waals surface area contributed by atoms with Crippen molar-refractivity contribution in [3.63, 3.8) is 0 Å². The Morgan fingerprint density at radius 1 is 0.610 bits per heavy atom. The molecule has 3 N–H and O–H groups in total. The van der Waals surface area contributed by atoms with E-state index in [4.69, 9.17) is 10.5 Å². The number of carbonyl (C=O) groups excluding carboxylic acids is 3. The highest BCUT2D eigenvalue weighted by atomic mass is 35.5. The molecule has 10 heteroatoms. The minimum atomic E-state index is -1.04. The summed E-state index contributed by atoms with van der Waals surface area (Å²) in [5, 5.41) is 3.02. The highest BCUT2D eigenvalue weighted by molar-refractivity contribution is 6.03. The van der Waals surface area contributed by atoms with Crippen LogP contribution < -0.4 is 20.7 Å². The lowest BCUT2D eigenvalue weighted by Gasteiger charge is -2.28. The molecule has 0 spiro atoms. The van der Waals surface area contributed by atoms with E-state index in [1.54, 1.807) is 41.1 Å². The van der Waals surface area contributed by atoms with Crippen molar-refractivity contribution in [2.45, 2.75) is 19.1 Å². The van der Waals surface area contributed by atoms with Crippen LogP contribution in [0.3, 0.4) is 0 Å². The van der Waals surface area contributed by atoms with Gasteiger partial charge in [-0.2, -0.15) is 0 Å². The first kappa shape index (κ1) is 43.9. The van der Waals surface area contributed by atoms with Crippen LogP contribution >= 0.6 is 12.4 Å². The average molecular weight is 810 g/mol. The first-order valence-corrected chi connectivity index (χ1v) is 19.5. The van der Waals surface area contributed by atoms with Crippen LogP contribution in [0, 0.1) is 0 Å². The van der Waals surface area contributed by atoms with Crippen LogP contribution in [0.5, 0.6) is 5.75 Å². The van der Waals surface area contributed by atoms with Gasteiger partial charge < -0.3 is 30.5 Å². The lowest BCUT2D eigenvalue weighted by atomic mass is 10.0. The number of hydrogen-bond donors (Lipinski definition) is 2. The fourth-order valence-corrected chi connectivity index (χ4v) is 6.52. The number of hydrogen-bond acceptors (Lipinski definition) is 6. The standard InChI is InChI=1S/C49H51N5O4.ClH/c1-52(2)32-33-53(3)46(55)34-36-16-26-44(27-17-36)54(31-30-50)49(57)47(51-48(56)43-22-20-41(21-23-43)39-12-8-5-9-13-39)42-24-28-45(29-25-42)58-35-37-14-18-40(19-15-37)38-10-6-4-7-11-38;/h4-29,47H,30-35,50H2,1-3H3,(H,51,56);1H. The number of ether oxygens (including phenoxy) is 1. The summed E-state index contributed by atoms with van der Waals surface area (Å²) in [4.78, 5) is 46.7. The summed E-state index contributed by atoms with van der Waals surface area (Å²) in [5.74, 6) is -0.102. The average Bonchev–Trinajstić information content (AvgIpc) is 3.27. The summed E-state index contributed by atoms with van der Waals surface area (Å²) in [6.07, 6.45) is 0.240. The molecule has 6 rings (SSSR count). The maximum Gasteiger partial charge on any atom is 0.254 e. The van der Waals surface area contributed by atoms with Gasteiger partial charge >= 0.3 is 0 Å². The maximum absolute atomic E-state index is 14.6. The monoisotopic (exact) mass is 809 g/mol. The molecular weight excluding hydrogens is 758 g/mol. The molecule has 59 heavy (non-hydrogen) atoms. The van der Waals surface area contributed by atoms with Crippen LogP contribution in [0.2, 0.25) is 0 Å². The van der Waals surface area contributed by atoms with Crippen molar-refractivity contribution in [2.24, 2.45) is 5.73 Å². The quantitative estimate of drug-likeness (QED) is 0.0966. The Bertz CT molecular complexity index is 2230. The minimum Gasteiger partial charge on any atom is -0.489 e. The predicted molar refractivity (Wildman–Crippen MR) is 240 cm³/mol. The first-order valence-electron chi connectivity index (χ1n) is 19.5. The third-order valence-electron chi connectivity index (χ3n) is 9.99. The molecule has 0 radical (unpaired) electrons. The zero-order valence-electron chi connectivity index (χ0n) is 33.8. The Hall–Kier alpha value is -6.26. The zero-order chi connectivity index (χ0) is 40.9. The smallest absolute Gasteiger partial charge is 0.254 e. The van der Waals surface area contributed by atoms with Gasteiger partial charge in [0.15, 0.2) is 0 Å². The van der Waals surface area contributed by atoms with Crippen molar-refractivity contribution in [3.05, 3.63) is 180 Å². The fraction of sp³-hybridized carbons (Fsp3) is 0.204. The summed E-state index contributed by atoms with van der Waals surface area (Å²) in [5.41, 5.74) is 13.8. The second kappa shape index (κ2) is 21.5. The largest absolute Gasteiger partial charge is 0.489 e. The minimum absolute atomic E-state index is 0. The van der Waals surface area contributed by atoms with Gasteiger partial charge in [-0.1, -0.05) is 121 Å². The Balaban J connectivity index is 0.00000661. The molecule has 1 unspecified atom stereocenters. The van der Waals surface area contributed by atoms with Crippen LogP contribution in [0.1, 0.15) is 33.1 Å². The predicted octanol–water partition coefficient (Wildman–Crippen LogP) is 8.05. The summed E-state index contributed by atoms with van der Waals surface area (Å²) in [7, 11) is 5.75. The van der Waals surface area contributed by atoms with Crippen molar-refractivity contribution < 1.29 is 19.1 Å². The van der Waals surface area contributed by atoms with Crippen molar-refractivity contribution in [1.82, 2.24) is 15.1 Å². The lowest BCUT2D eigenvalue weighted by Crippen LogP contribution is -2.45. The van der Waals surface area contributed by atoms with E-state index in [-0.39, 0.29) is 43.7 Å². The third kappa shape index (κ3) is 12.1. The molecule has 0 aromatic heterocycles. The van der Waals surface area contributed by atoms with Gasteiger partial charge in [-0.15, -0.1) is 12.4 Å². The van der Waals surface area contributed by atoms with Crippen molar-refractivity contribution >= 4 is 35.8 Å². The molecule has 6 aromatic rings.